The van der Waals surface area contributed by atoms with Crippen molar-refractivity contribution in [2.75, 3.05) is 0 Å². The van der Waals surface area contributed by atoms with Crippen LogP contribution >= 0.6 is 0 Å². The van der Waals surface area contributed by atoms with E-state index in [0.29, 0.717) is 0 Å². The lowest BCUT2D eigenvalue weighted by molar-refractivity contribution is 0.737. The van der Waals surface area contributed by atoms with Gasteiger partial charge in [-0.25, -0.2) is 0 Å². The Balaban J connectivity index is 2.82. The molecule has 1 heterocycles. The molecule has 0 aliphatic rings. The zero-order valence-electron chi connectivity index (χ0n) is 9.88. The molecule has 1 aromatic heterocycles. The summed E-state index contributed by atoms with van der Waals surface area (Å²) in [6.07, 6.45) is 2.27. The molecule has 0 amide bonds. The third-order valence-electron chi connectivity index (χ3n) is 3.20. The van der Waals surface area contributed by atoms with E-state index in [2.05, 4.69) is 49.6 Å². The van der Waals surface area contributed by atoms with Crippen LogP contribution in [-0.2, 0) is 19.4 Å². The van der Waals surface area contributed by atoms with E-state index in [1.54, 1.807) is 0 Å². The van der Waals surface area contributed by atoms with E-state index in [1.807, 2.05) is 0 Å². The fourth-order valence-electron chi connectivity index (χ4n) is 2.59. The summed E-state index contributed by atoms with van der Waals surface area (Å²) < 4.78 is 2.45. The van der Waals surface area contributed by atoms with E-state index in [1.165, 1.54) is 22.2 Å². The highest BCUT2D eigenvalue weighted by molar-refractivity contribution is 5.85. The molecule has 0 radical (unpaired) electrons. The minimum atomic E-state index is 1.07. The Morgan fingerprint density at radius 1 is 1.00 bits per heavy atom. The quantitative estimate of drug-likeness (QED) is 0.712. The predicted octanol–water partition coefficient (Wildman–Crippen LogP) is 3.79. The maximum absolute atomic E-state index is 2.45. The van der Waals surface area contributed by atoms with Crippen LogP contribution in [0.2, 0.25) is 0 Å². The van der Waals surface area contributed by atoms with E-state index >= 15 is 0 Å². The van der Waals surface area contributed by atoms with Crippen molar-refractivity contribution in [2.24, 2.45) is 0 Å². The first-order valence-corrected chi connectivity index (χ1v) is 5.92. The number of aryl methyl sites for hydroxylation is 2. The molecular formula is C14H19N. The van der Waals surface area contributed by atoms with Gasteiger partial charge in [-0.2, -0.15) is 0 Å². The van der Waals surface area contributed by atoms with Crippen molar-refractivity contribution in [3.05, 3.63) is 35.5 Å². The molecule has 0 unspecified atom stereocenters. The molecule has 0 fully saturated rings. The Morgan fingerprint density at radius 3 is 2.33 bits per heavy atom. The normalized spacial score (nSPS) is 11.1. The molecule has 0 saturated carbocycles. The van der Waals surface area contributed by atoms with Crippen LogP contribution in [0.4, 0.5) is 0 Å². The summed E-state index contributed by atoms with van der Waals surface area (Å²) in [5.74, 6) is 0. The molecule has 0 spiro atoms. The van der Waals surface area contributed by atoms with Gasteiger partial charge in [0.25, 0.3) is 0 Å². The van der Waals surface area contributed by atoms with Gasteiger partial charge in [0.15, 0.2) is 0 Å². The van der Waals surface area contributed by atoms with Crippen molar-refractivity contribution in [3.63, 3.8) is 0 Å². The molecular weight excluding hydrogens is 182 g/mol. The van der Waals surface area contributed by atoms with Crippen molar-refractivity contribution in [2.45, 2.75) is 40.2 Å². The van der Waals surface area contributed by atoms with Crippen LogP contribution in [0.5, 0.6) is 0 Å². The summed E-state index contributed by atoms with van der Waals surface area (Å²) >= 11 is 0. The number of aromatic nitrogens is 1. The average molecular weight is 201 g/mol. The lowest BCUT2D eigenvalue weighted by Crippen LogP contribution is -2.00. The number of hydrogen-bond acceptors (Lipinski definition) is 0. The molecule has 0 N–H and O–H groups in total. The number of nitrogens with zero attached hydrogens (tertiary/aromatic N) is 1. The van der Waals surface area contributed by atoms with E-state index in [-0.39, 0.29) is 0 Å². The molecule has 1 heteroatoms. The van der Waals surface area contributed by atoms with Gasteiger partial charge >= 0.3 is 0 Å². The first-order chi connectivity index (χ1) is 7.33. The number of para-hydroxylation sites is 1. The maximum atomic E-state index is 2.45. The van der Waals surface area contributed by atoms with Gasteiger partial charge in [-0.05, 0) is 31.4 Å². The minimum absolute atomic E-state index is 1.07. The van der Waals surface area contributed by atoms with Crippen molar-refractivity contribution in [1.82, 2.24) is 4.57 Å². The second kappa shape index (κ2) is 4.09. The van der Waals surface area contributed by atoms with E-state index in [0.717, 1.165) is 19.4 Å². The van der Waals surface area contributed by atoms with Crippen molar-refractivity contribution in [3.8, 4) is 0 Å². The third kappa shape index (κ3) is 1.46. The standard InChI is InChI=1S/C14H19N/c1-4-11-12-9-7-8-10-14(12)15(6-3)13(11)5-2/h7-10H,4-6H2,1-3H3. The number of hydrogen-bond donors (Lipinski definition) is 0. The van der Waals surface area contributed by atoms with E-state index in [4.69, 9.17) is 0 Å². The molecule has 2 rings (SSSR count). The van der Waals surface area contributed by atoms with Gasteiger partial charge in [-0.3, -0.25) is 0 Å². The lowest BCUT2D eigenvalue weighted by atomic mass is 10.1. The molecule has 0 aliphatic carbocycles. The minimum Gasteiger partial charge on any atom is -0.345 e. The van der Waals surface area contributed by atoms with E-state index in [9.17, 15) is 0 Å². The highest BCUT2D eigenvalue weighted by atomic mass is 15.0. The smallest absolute Gasteiger partial charge is 0.0485 e. The molecule has 80 valence electrons. The number of fused-ring (bicyclic) bond motifs is 1. The Morgan fingerprint density at radius 2 is 1.73 bits per heavy atom. The molecule has 1 aromatic carbocycles. The largest absolute Gasteiger partial charge is 0.345 e. The van der Waals surface area contributed by atoms with Crippen molar-refractivity contribution >= 4 is 10.9 Å². The number of rotatable bonds is 3. The van der Waals surface area contributed by atoms with Gasteiger partial charge in [0.1, 0.15) is 0 Å². The zero-order chi connectivity index (χ0) is 10.8. The topological polar surface area (TPSA) is 4.93 Å². The Bertz CT molecular complexity index is 424. The SMILES string of the molecule is CCc1c(CC)n(CC)c2ccccc12. The molecule has 0 saturated heterocycles. The predicted molar refractivity (Wildman–Crippen MR) is 66.4 cm³/mol. The number of benzene rings is 1. The second-order valence-corrected chi connectivity index (χ2v) is 3.89. The van der Waals surface area contributed by atoms with Gasteiger partial charge in [0.2, 0.25) is 0 Å². The lowest BCUT2D eigenvalue weighted by Gasteiger charge is -2.06. The summed E-state index contributed by atoms with van der Waals surface area (Å²) in [5.41, 5.74) is 4.45. The first-order valence-electron chi connectivity index (χ1n) is 5.92. The third-order valence-corrected chi connectivity index (χ3v) is 3.20. The van der Waals surface area contributed by atoms with Crippen LogP contribution in [0.3, 0.4) is 0 Å². The highest BCUT2D eigenvalue weighted by Gasteiger charge is 2.12. The summed E-state index contributed by atoms with van der Waals surface area (Å²) in [5, 5.41) is 1.44. The zero-order valence-corrected chi connectivity index (χ0v) is 9.88. The average Bonchev–Trinajstić information content (AvgIpc) is 2.61. The molecule has 1 nitrogen and oxygen atoms in total. The summed E-state index contributed by atoms with van der Waals surface area (Å²) in [7, 11) is 0. The molecule has 15 heavy (non-hydrogen) atoms. The summed E-state index contributed by atoms with van der Waals surface area (Å²) in [6.45, 7) is 7.80. The van der Waals surface area contributed by atoms with Crippen LogP contribution in [0.1, 0.15) is 32.0 Å². The van der Waals surface area contributed by atoms with Crippen LogP contribution in [0, 0.1) is 0 Å². The van der Waals surface area contributed by atoms with Crippen molar-refractivity contribution < 1.29 is 0 Å². The van der Waals surface area contributed by atoms with Gasteiger partial charge in [-0.1, -0.05) is 32.0 Å². The molecule has 0 bridgehead atoms. The van der Waals surface area contributed by atoms with Gasteiger partial charge in [0.05, 0.1) is 0 Å². The van der Waals surface area contributed by atoms with Gasteiger partial charge in [-0.15, -0.1) is 0 Å². The van der Waals surface area contributed by atoms with Gasteiger partial charge < -0.3 is 4.57 Å². The summed E-state index contributed by atoms with van der Waals surface area (Å²) in [6, 6.07) is 8.75. The Kier molecular flexibility index (Phi) is 2.81. The monoisotopic (exact) mass is 201 g/mol. The van der Waals surface area contributed by atoms with Gasteiger partial charge in [0, 0.05) is 23.1 Å². The summed E-state index contributed by atoms with van der Waals surface area (Å²) in [4.78, 5) is 0. The molecule has 2 aromatic rings. The molecule has 0 atom stereocenters. The first kappa shape index (κ1) is 10.3. The fraction of sp³-hybridized carbons (Fsp3) is 0.429. The maximum Gasteiger partial charge on any atom is 0.0485 e. The molecule has 0 aliphatic heterocycles. The van der Waals surface area contributed by atoms with Crippen molar-refractivity contribution in [1.29, 1.82) is 0 Å². The van der Waals surface area contributed by atoms with E-state index < -0.39 is 0 Å². The van der Waals surface area contributed by atoms with Crippen LogP contribution in [-0.4, -0.2) is 4.57 Å². The second-order valence-electron chi connectivity index (χ2n) is 3.89. The van der Waals surface area contributed by atoms with Crippen LogP contribution in [0.15, 0.2) is 24.3 Å². The fourth-order valence-corrected chi connectivity index (χ4v) is 2.59. The van der Waals surface area contributed by atoms with Crippen LogP contribution in [0.25, 0.3) is 10.9 Å². The Hall–Kier alpha value is -1.24. The highest BCUT2D eigenvalue weighted by Crippen LogP contribution is 2.26. The van der Waals surface area contributed by atoms with Crippen LogP contribution < -0.4 is 0 Å². The Labute approximate surface area is 91.7 Å².